The van der Waals surface area contributed by atoms with Crippen LogP contribution in [-0.2, 0) is 4.79 Å². The van der Waals surface area contributed by atoms with Gasteiger partial charge >= 0.3 is 0 Å². The number of hydrogen-bond donors (Lipinski definition) is 3. The van der Waals surface area contributed by atoms with Crippen LogP contribution in [0, 0.1) is 0 Å². The van der Waals surface area contributed by atoms with Crippen LogP contribution in [0.5, 0.6) is 0 Å². The molecule has 24 heavy (non-hydrogen) atoms. The number of aromatic amines is 1. The summed E-state index contributed by atoms with van der Waals surface area (Å²) < 4.78 is 0. The highest BCUT2D eigenvalue weighted by Crippen LogP contribution is 2.29. The first-order valence-corrected chi connectivity index (χ1v) is 9.15. The first-order chi connectivity index (χ1) is 11.7. The van der Waals surface area contributed by atoms with E-state index in [1.165, 1.54) is 0 Å². The SMILES string of the molecule is N[C@@H]1CC[C@@H](NC(=O)C2=CN(c3ncnc4[nH]ccc34)CCS2)C1. The monoisotopic (exact) mass is 344 g/mol. The van der Waals surface area contributed by atoms with Crippen LogP contribution < -0.4 is 16.0 Å². The minimum Gasteiger partial charge on any atom is -0.349 e. The molecule has 0 aromatic carbocycles. The predicted molar refractivity (Wildman–Crippen MR) is 95.5 cm³/mol. The lowest BCUT2D eigenvalue weighted by Crippen LogP contribution is -2.36. The lowest BCUT2D eigenvalue weighted by atomic mass is 10.2. The van der Waals surface area contributed by atoms with E-state index in [1.54, 1.807) is 18.1 Å². The minimum absolute atomic E-state index is 0.0110. The molecule has 0 saturated heterocycles. The molecule has 1 fully saturated rings. The fraction of sp³-hybridized carbons (Fsp3) is 0.438. The maximum atomic E-state index is 12.5. The van der Waals surface area contributed by atoms with Crippen LogP contribution in [0.25, 0.3) is 11.0 Å². The Balaban J connectivity index is 1.54. The van der Waals surface area contributed by atoms with Gasteiger partial charge in [0, 0.05) is 36.8 Å². The molecule has 3 heterocycles. The number of nitrogens with one attached hydrogen (secondary N) is 2. The van der Waals surface area contributed by atoms with E-state index in [9.17, 15) is 4.79 Å². The van der Waals surface area contributed by atoms with Gasteiger partial charge in [-0.2, -0.15) is 0 Å². The van der Waals surface area contributed by atoms with Gasteiger partial charge in [0.2, 0.25) is 0 Å². The Labute approximate surface area is 144 Å². The number of H-pyrrole nitrogens is 1. The summed E-state index contributed by atoms with van der Waals surface area (Å²) in [4.78, 5) is 27.0. The van der Waals surface area contributed by atoms with Crippen LogP contribution >= 0.6 is 11.8 Å². The van der Waals surface area contributed by atoms with Crippen LogP contribution in [0.4, 0.5) is 5.82 Å². The second-order valence-corrected chi connectivity index (χ2v) is 7.35. The van der Waals surface area contributed by atoms with Gasteiger partial charge < -0.3 is 20.9 Å². The van der Waals surface area contributed by atoms with Crippen molar-refractivity contribution in [3.8, 4) is 0 Å². The topological polar surface area (TPSA) is 99.9 Å². The highest BCUT2D eigenvalue weighted by atomic mass is 32.2. The average molecular weight is 344 g/mol. The number of anilines is 1. The summed E-state index contributed by atoms with van der Waals surface area (Å²) in [7, 11) is 0. The molecule has 8 heteroatoms. The van der Waals surface area contributed by atoms with E-state index >= 15 is 0 Å². The van der Waals surface area contributed by atoms with Crippen LogP contribution in [0.2, 0.25) is 0 Å². The number of carbonyl (C=O) groups is 1. The Morgan fingerprint density at radius 2 is 2.33 bits per heavy atom. The van der Waals surface area contributed by atoms with Crippen LogP contribution in [0.15, 0.2) is 29.7 Å². The van der Waals surface area contributed by atoms with E-state index in [2.05, 4.69) is 20.3 Å². The van der Waals surface area contributed by atoms with Gasteiger partial charge in [-0.25, -0.2) is 9.97 Å². The van der Waals surface area contributed by atoms with Gasteiger partial charge in [0.25, 0.3) is 5.91 Å². The standard InChI is InChI=1S/C16H20N6OS/c17-10-1-2-11(7-10)21-16(23)13-8-22(5-6-24-13)15-12-3-4-18-14(12)19-9-20-15/h3-4,8-11H,1-2,5-7,17H2,(H,21,23)(H,18,19,20)/t10-,11-/m1/s1. The number of rotatable bonds is 3. The molecule has 1 aliphatic carbocycles. The Morgan fingerprint density at radius 3 is 3.17 bits per heavy atom. The van der Waals surface area contributed by atoms with Gasteiger partial charge in [-0.3, -0.25) is 4.79 Å². The zero-order valence-electron chi connectivity index (χ0n) is 13.2. The molecule has 0 bridgehead atoms. The number of aromatic nitrogens is 3. The van der Waals surface area contributed by atoms with E-state index < -0.39 is 0 Å². The number of nitrogens with two attached hydrogens (primary N) is 1. The number of hydrogen-bond acceptors (Lipinski definition) is 6. The van der Waals surface area contributed by atoms with E-state index in [0.29, 0.717) is 0 Å². The van der Waals surface area contributed by atoms with E-state index in [-0.39, 0.29) is 18.0 Å². The molecular formula is C16H20N6OS. The number of nitrogens with zero attached hydrogens (tertiary/aromatic N) is 3. The van der Waals surface area contributed by atoms with Crippen molar-refractivity contribution in [3.05, 3.63) is 29.7 Å². The van der Waals surface area contributed by atoms with Gasteiger partial charge in [-0.1, -0.05) is 0 Å². The first kappa shape index (κ1) is 15.5. The number of fused-ring (bicyclic) bond motifs is 1. The smallest absolute Gasteiger partial charge is 0.259 e. The van der Waals surface area contributed by atoms with E-state index in [4.69, 9.17) is 5.73 Å². The maximum Gasteiger partial charge on any atom is 0.259 e. The van der Waals surface area contributed by atoms with Crippen molar-refractivity contribution in [3.63, 3.8) is 0 Å². The molecular weight excluding hydrogens is 324 g/mol. The summed E-state index contributed by atoms with van der Waals surface area (Å²) >= 11 is 1.59. The fourth-order valence-electron chi connectivity index (χ4n) is 3.28. The summed E-state index contributed by atoms with van der Waals surface area (Å²) in [5.41, 5.74) is 6.73. The van der Waals surface area contributed by atoms with Gasteiger partial charge in [-0.15, -0.1) is 11.8 Å². The Bertz CT molecular complexity index is 788. The highest BCUT2D eigenvalue weighted by Gasteiger charge is 2.26. The molecule has 1 aliphatic heterocycles. The van der Waals surface area contributed by atoms with Crippen molar-refractivity contribution < 1.29 is 4.79 Å². The third-order valence-electron chi connectivity index (χ3n) is 4.50. The fourth-order valence-corrected chi connectivity index (χ4v) is 4.18. The summed E-state index contributed by atoms with van der Waals surface area (Å²) in [6, 6.07) is 2.36. The first-order valence-electron chi connectivity index (χ1n) is 8.16. The van der Waals surface area contributed by atoms with E-state index in [0.717, 1.165) is 53.3 Å². The molecule has 2 atom stereocenters. The van der Waals surface area contributed by atoms with Gasteiger partial charge in [0.15, 0.2) is 0 Å². The lowest BCUT2D eigenvalue weighted by Gasteiger charge is -2.26. The molecule has 0 unspecified atom stereocenters. The molecule has 0 spiro atoms. The molecule has 0 radical (unpaired) electrons. The average Bonchev–Trinajstić information content (AvgIpc) is 3.23. The third kappa shape index (κ3) is 2.99. The molecule has 4 rings (SSSR count). The molecule has 126 valence electrons. The molecule has 2 aromatic rings. The minimum atomic E-state index is -0.0110. The normalized spacial score (nSPS) is 24.2. The van der Waals surface area contributed by atoms with Gasteiger partial charge in [-0.05, 0) is 25.3 Å². The largest absolute Gasteiger partial charge is 0.349 e. The van der Waals surface area contributed by atoms with Crippen molar-refractivity contribution >= 4 is 34.5 Å². The summed E-state index contributed by atoms with van der Waals surface area (Å²) in [6.07, 6.45) is 8.10. The second-order valence-electron chi connectivity index (χ2n) is 6.22. The van der Waals surface area contributed by atoms with Crippen molar-refractivity contribution in [1.29, 1.82) is 0 Å². The van der Waals surface area contributed by atoms with Crippen LogP contribution in [-0.4, -0.2) is 45.2 Å². The quantitative estimate of drug-likeness (QED) is 0.777. The number of carbonyl (C=O) groups excluding carboxylic acids is 1. The van der Waals surface area contributed by atoms with Crippen molar-refractivity contribution in [1.82, 2.24) is 20.3 Å². The summed E-state index contributed by atoms with van der Waals surface area (Å²) in [6.45, 7) is 0.813. The summed E-state index contributed by atoms with van der Waals surface area (Å²) in [5.74, 6) is 1.66. The molecule has 2 aromatic heterocycles. The molecule has 2 aliphatic rings. The molecule has 1 saturated carbocycles. The van der Waals surface area contributed by atoms with Crippen LogP contribution in [0.3, 0.4) is 0 Å². The van der Waals surface area contributed by atoms with Crippen molar-refractivity contribution in [2.45, 2.75) is 31.3 Å². The van der Waals surface area contributed by atoms with E-state index in [1.807, 2.05) is 23.4 Å². The van der Waals surface area contributed by atoms with Gasteiger partial charge in [0.1, 0.15) is 17.8 Å². The number of thioether (sulfide) groups is 1. The zero-order valence-corrected chi connectivity index (χ0v) is 14.1. The van der Waals surface area contributed by atoms with Gasteiger partial charge in [0.05, 0.1) is 10.3 Å². The third-order valence-corrected chi connectivity index (χ3v) is 5.49. The Hall–Kier alpha value is -2.06. The Kier molecular flexibility index (Phi) is 4.15. The van der Waals surface area contributed by atoms with Crippen molar-refractivity contribution in [2.75, 3.05) is 17.2 Å². The zero-order chi connectivity index (χ0) is 16.5. The lowest BCUT2D eigenvalue weighted by molar-refractivity contribution is -0.117. The maximum absolute atomic E-state index is 12.5. The van der Waals surface area contributed by atoms with Crippen molar-refractivity contribution in [2.24, 2.45) is 5.73 Å². The molecule has 4 N–H and O–H groups in total. The summed E-state index contributed by atoms with van der Waals surface area (Å²) in [5, 5.41) is 4.07. The van der Waals surface area contributed by atoms with Crippen LogP contribution in [0.1, 0.15) is 19.3 Å². The highest BCUT2D eigenvalue weighted by molar-refractivity contribution is 8.04. The molecule has 7 nitrogen and oxygen atoms in total. The second kappa shape index (κ2) is 6.45. The Morgan fingerprint density at radius 1 is 1.42 bits per heavy atom. The predicted octanol–water partition coefficient (Wildman–Crippen LogP) is 1.35. The molecule has 1 amide bonds. The number of amides is 1.